The SMILES string of the molecule is CN1CCC(Nc2ccc(C(F)(F)F)cc2C(N)=S)CC1. The van der Waals surface area contributed by atoms with E-state index < -0.39 is 11.7 Å². The molecule has 0 radical (unpaired) electrons. The fourth-order valence-electron chi connectivity index (χ4n) is 2.42. The number of halogens is 3. The van der Waals surface area contributed by atoms with Gasteiger partial charge in [0.2, 0.25) is 0 Å². The maximum atomic E-state index is 12.8. The van der Waals surface area contributed by atoms with Gasteiger partial charge < -0.3 is 16.0 Å². The maximum Gasteiger partial charge on any atom is 0.416 e. The minimum Gasteiger partial charge on any atom is -0.389 e. The van der Waals surface area contributed by atoms with Crippen molar-refractivity contribution in [3.05, 3.63) is 29.3 Å². The second-order valence-corrected chi connectivity index (χ2v) is 5.78. The van der Waals surface area contributed by atoms with Gasteiger partial charge in [-0.1, -0.05) is 12.2 Å². The lowest BCUT2D eigenvalue weighted by Crippen LogP contribution is -2.37. The van der Waals surface area contributed by atoms with E-state index in [1.165, 1.54) is 6.07 Å². The number of hydrogen-bond donors (Lipinski definition) is 2. The van der Waals surface area contributed by atoms with Gasteiger partial charge in [0.1, 0.15) is 4.99 Å². The molecule has 3 N–H and O–H groups in total. The monoisotopic (exact) mass is 317 g/mol. The van der Waals surface area contributed by atoms with E-state index in [9.17, 15) is 13.2 Å². The van der Waals surface area contributed by atoms with Crippen LogP contribution in [0.2, 0.25) is 0 Å². The lowest BCUT2D eigenvalue weighted by molar-refractivity contribution is -0.137. The van der Waals surface area contributed by atoms with Crippen LogP contribution >= 0.6 is 12.2 Å². The van der Waals surface area contributed by atoms with Crippen LogP contribution in [0.1, 0.15) is 24.0 Å². The smallest absolute Gasteiger partial charge is 0.389 e. The lowest BCUT2D eigenvalue weighted by atomic mass is 10.0. The summed E-state index contributed by atoms with van der Waals surface area (Å²) in [5, 5.41) is 3.27. The van der Waals surface area contributed by atoms with Crippen molar-refractivity contribution >= 4 is 22.9 Å². The minimum atomic E-state index is -4.40. The highest BCUT2D eigenvalue weighted by Crippen LogP contribution is 2.32. The molecule has 0 aliphatic carbocycles. The molecule has 0 spiro atoms. The van der Waals surface area contributed by atoms with Crippen molar-refractivity contribution in [3.8, 4) is 0 Å². The Morgan fingerprint density at radius 2 is 1.95 bits per heavy atom. The molecule has 1 heterocycles. The van der Waals surface area contributed by atoms with Gasteiger partial charge in [0.05, 0.1) is 5.56 Å². The molecule has 3 nitrogen and oxygen atoms in total. The van der Waals surface area contributed by atoms with E-state index in [0.29, 0.717) is 5.69 Å². The number of benzene rings is 1. The second kappa shape index (κ2) is 6.19. The zero-order chi connectivity index (χ0) is 15.6. The van der Waals surface area contributed by atoms with Crippen molar-refractivity contribution in [1.29, 1.82) is 0 Å². The quantitative estimate of drug-likeness (QED) is 0.841. The number of nitrogens with one attached hydrogen (secondary N) is 1. The van der Waals surface area contributed by atoms with E-state index in [1.807, 2.05) is 0 Å². The van der Waals surface area contributed by atoms with Gasteiger partial charge in [-0.3, -0.25) is 0 Å². The van der Waals surface area contributed by atoms with Gasteiger partial charge in [-0.2, -0.15) is 13.2 Å². The first kappa shape index (κ1) is 16.0. The Balaban J connectivity index is 2.21. The molecular formula is C14H18F3N3S. The highest BCUT2D eigenvalue weighted by molar-refractivity contribution is 7.80. The first-order chi connectivity index (χ1) is 9.77. The molecule has 7 heteroatoms. The average molecular weight is 317 g/mol. The van der Waals surface area contributed by atoms with Crippen LogP contribution in [0.4, 0.5) is 18.9 Å². The van der Waals surface area contributed by atoms with Crippen molar-refractivity contribution in [2.45, 2.75) is 25.1 Å². The molecule has 116 valence electrons. The van der Waals surface area contributed by atoms with Crippen LogP contribution in [0.25, 0.3) is 0 Å². The predicted octanol–water partition coefficient (Wildman–Crippen LogP) is 2.85. The normalized spacial score (nSPS) is 17.7. The van der Waals surface area contributed by atoms with E-state index in [4.69, 9.17) is 18.0 Å². The fraction of sp³-hybridized carbons (Fsp3) is 0.500. The van der Waals surface area contributed by atoms with Crippen LogP contribution in [0.15, 0.2) is 18.2 Å². The van der Waals surface area contributed by atoms with Gasteiger partial charge in [-0.25, -0.2) is 0 Å². The highest BCUT2D eigenvalue weighted by Gasteiger charge is 2.31. The zero-order valence-corrected chi connectivity index (χ0v) is 12.5. The molecule has 1 fully saturated rings. The molecule has 0 bridgehead atoms. The molecule has 0 saturated carbocycles. The highest BCUT2D eigenvalue weighted by atomic mass is 32.1. The summed E-state index contributed by atoms with van der Waals surface area (Å²) in [7, 11) is 2.05. The Morgan fingerprint density at radius 3 is 2.48 bits per heavy atom. The summed E-state index contributed by atoms with van der Waals surface area (Å²) in [4.78, 5) is 2.19. The van der Waals surface area contributed by atoms with Crippen LogP contribution in [0.3, 0.4) is 0 Å². The second-order valence-electron chi connectivity index (χ2n) is 5.34. The van der Waals surface area contributed by atoms with Crippen LogP contribution in [0.5, 0.6) is 0 Å². The molecule has 0 atom stereocenters. The first-order valence-electron chi connectivity index (χ1n) is 6.73. The van der Waals surface area contributed by atoms with Crippen molar-refractivity contribution in [2.24, 2.45) is 5.73 Å². The molecule has 1 aliphatic rings. The van der Waals surface area contributed by atoms with Crippen molar-refractivity contribution in [2.75, 3.05) is 25.5 Å². The van der Waals surface area contributed by atoms with E-state index in [2.05, 4.69) is 17.3 Å². The molecule has 1 aromatic rings. The summed E-state index contributed by atoms with van der Waals surface area (Å²) in [5.41, 5.74) is 5.66. The van der Waals surface area contributed by atoms with Gasteiger partial charge in [0.25, 0.3) is 0 Å². The largest absolute Gasteiger partial charge is 0.416 e. The zero-order valence-electron chi connectivity index (χ0n) is 11.7. The third kappa shape index (κ3) is 4.07. The maximum absolute atomic E-state index is 12.8. The van der Waals surface area contributed by atoms with Gasteiger partial charge in [0.15, 0.2) is 0 Å². The summed E-state index contributed by atoms with van der Waals surface area (Å²) in [6.45, 7) is 1.92. The third-order valence-corrected chi connectivity index (χ3v) is 3.91. The number of thiocarbonyl (C=S) groups is 1. The number of hydrogen-bond acceptors (Lipinski definition) is 3. The summed E-state index contributed by atoms with van der Waals surface area (Å²) < 4.78 is 38.3. The topological polar surface area (TPSA) is 41.3 Å². The number of anilines is 1. The molecule has 0 aromatic heterocycles. The van der Waals surface area contributed by atoms with Gasteiger partial charge >= 0.3 is 6.18 Å². The van der Waals surface area contributed by atoms with E-state index in [1.54, 1.807) is 0 Å². The molecular weight excluding hydrogens is 299 g/mol. The number of nitrogens with two attached hydrogens (primary N) is 1. The molecule has 1 saturated heterocycles. The summed E-state index contributed by atoms with van der Waals surface area (Å²) in [6, 6.07) is 3.71. The van der Waals surface area contributed by atoms with Crippen LogP contribution in [-0.2, 0) is 6.18 Å². The summed E-state index contributed by atoms with van der Waals surface area (Å²) >= 11 is 4.88. The molecule has 21 heavy (non-hydrogen) atoms. The Kier molecular flexibility index (Phi) is 4.73. The minimum absolute atomic E-state index is 0.0310. The number of nitrogens with zero attached hydrogens (tertiary/aromatic N) is 1. The molecule has 0 amide bonds. The average Bonchev–Trinajstić information content (AvgIpc) is 2.40. The number of alkyl halides is 3. The standard InChI is InChI=1S/C14H18F3N3S/c1-20-6-4-10(5-7-20)19-12-3-2-9(14(15,16)17)8-11(12)13(18)21/h2-3,8,10,19H,4-7H2,1H3,(H2,18,21). The van der Waals surface area contributed by atoms with E-state index in [-0.39, 0.29) is 16.6 Å². The number of piperidine rings is 1. The molecule has 2 rings (SSSR count). The Labute approximate surface area is 127 Å². The Bertz CT molecular complexity index is 523. The first-order valence-corrected chi connectivity index (χ1v) is 7.14. The Morgan fingerprint density at radius 1 is 1.33 bits per heavy atom. The molecule has 0 unspecified atom stereocenters. The summed E-state index contributed by atoms with van der Waals surface area (Å²) in [5.74, 6) is 0. The third-order valence-electron chi connectivity index (χ3n) is 3.69. The van der Waals surface area contributed by atoms with Gasteiger partial charge in [-0.05, 0) is 51.2 Å². The van der Waals surface area contributed by atoms with Crippen molar-refractivity contribution in [1.82, 2.24) is 4.90 Å². The lowest BCUT2D eigenvalue weighted by Gasteiger charge is -2.30. The predicted molar refractivity (Wildman–Crippen MR) is 81.5 cm³/mol. The van der Waals surface area contributed by atoms with Crippen LogP contribution < -0.4 is 11.1 Å². The van der Waals surface area contributed by atoms with E-state index in [0.717, 1.165) is 38.1 Å². The van der Waals surface area contributed by atoms with Crippen LogP contribution in [0, 0.1) is 0 Å². The van der Waals surface area contributed by atoms with Crippen LogP contribution in [-0.4, -0.2) is 36.1 Å². The summed E-state index contributed by atoms with van der Waals surface area (Å²) in [6.07, 6.45) is -2.52. The number of rotatable bonds is 3. The van der Waals surface area contributed by atoms with Gasteiger partial charge in [0, 0.05) is 17.3 Å². The van der Waals surface area contributed by atoms with Crippen molar-refractivity contribution in [3.63, 3.8) is 0 Å². The Hall–Kier alpha value is -1.34. The van der Waals surface area contributed by atoms with Crippen molar-refractivity contribution < 1.29 is 13.2 Å². The molecule has 1 aromatic carbocycles. The van der Waals surface area contributed by atoms with Gasteiger partial charge in [-0.15, -0.1) is 0 Å². The van der Waals surface area contributed by atoms with E-state index >= 15 is 0 Å². The molecule has 1 aliphatic heterocycles. The fourth-order valence-corrected chi connectivity index (χ4v) is 2.59. The number of likely N-dealkylation sites (tertiary alicyclic amines) is 1.